The number of hydrogen-bond donors (Lipinski definition) is 6. The highest BCUT2D eigenvalue weighted by Gasteiger charge is 2.48. The third-order valence-corrected chi connectivity index (χ3v) is 10.9. The Hall–Kier alpha value is -1.16. The molecule has 1 fully saturated rings. The molecule has 12 nitrogen and oxygen atoms in total. The second kappa shape index (κ2) is 33.8. The predicted molar refractivity (Wildman–Crippen MR) is 218 cm³/mol. The van der Waals surface area contributed by atoms with Crippen LogP contribution in [0, 0.1) is 0 Å². The number of aliphatic hydroxyl groups excluding tert-OH is 4. The average molecular weight is 811 g/mol. The predicted octanol–water partition coefficient (Wildman–Crippen LogP) is 7.99. The molecule has 0 radical (unpaired) electrons. The summed E-state index contributed by atoms with van der Waals surface area (Å²) in [6, 6.07) is -0.960. The van der Waals surface area contributed by atoms with Gasteiger partial charge in [0.1, 0.15) is 24.4 Å². The number of carbonyl (C=O) groups is 1. The Bertz CT molecular complexity index is 1150. The van der Waals surface area contributed by atoms with Crippen molar-refractivity contribution in [3.05, 3.63) is 12.2 Å². The topological polar surface area (TPSA) is 192 Å². The molecule has 1 heterocycles. The van der Waals surface area contributed by atoms with E-state index in [0.29, 0.717) is 12.8 Å². The van der Waals surface area contributed by atoms with E-state index >= 15 is 0 Å². The van der Waals surface area contributed by atoms with Gasteiger partial charge < -0.3 is 35.2 Å². The van der Waals surface area contributed by atoms with E-state index in [1.54, 1.807) is 6.08 Å². The van der Waals surface area contributed by atoms with Gasteiger partial charge >= 0.3 is 10.4 Å². The number of hydrogen-bond acceptors (Lipinski definition) is 10. The van der Waals surface area contributed by atoms with Gasteiger partial charge in [-0.15, -0.1) is 0 Å². The van der Waals surface area contributed by atoms with E-state index in [1.807, 2.05) is 6.08 Å². The van der Waals surface area contributed by atoms with Crippen LogP contribution in [0.1, 0.15) is 198 Å². The quantitative estimate of drug-likeness (QED) is 0.0202. The average Bonchev–Trinajstić information content (AvgIpc) is 3.16. The maximum absolute atomic E-state index is 13.0. The number of rotatable bonds is 37. The summed E-state index contributed by atoms with van der Waals surface area (Å²) in [5, 5.41) is 44.6. The largest absolute Gasteiger partial charge is 0.397 e. The van der Waals surface area contributed by atoms with Crippen LogP contribution in [0.15, 0.2) is 12.2 Å². The van der Waals surface area contributed by atoms with E-state index in [0.717, 1.165) is 70.6 Å². The van der Waals surface area contributed by atoms with Crippen LogP contribution >= 0.6 is 0 Å². The lowest BCUT2D eigenvalue weighted by Gasteiger charge is -2.41. The molecule has 1 amide bonds. The van der Waals surface area contributed by atoms with Crippen LogP contribution < -0.4 is 5.32 Å². The van der Waals surface area contributed by atoms with Crippen LogP contribution in [0.2, 0.25) is 0 Å². The standard InChI is InChI=1S/C42H81NO11S/c1-3-5-7-9-11-13-15-17-18-20-22-24-26-28-30-32-38(46)43-35(36(45)31-29-27-25-23-21-19-16-14-12-10-8-6-4-2)34-52-42-40(48)41(54-55(49,50)51)39(47)37(33-44)53-42/h29,31,35-37,39-42,44-45,47-48H,3-28,30,32-34H2,1-2H3,(H,43,46)(H,49,50,51)/b31-29+/t35-,36+,37+,39-,40+,41-,42+/m0/s1/i1D3. The van der Waals surface area contributed by atoms with Crippen molar-refractivity contribution in [2.45, 2.75) is 236 Å². The summed E-state index contributed by atoms with van der Waals surface area (Å²) in [5.41, 5.74) is 0. The highest BCUT2D eigenvalue weighted by atomic mass is 32.3. The first kappa shape index (κ1) is 46.5. The molecule has 1 aliphatic rings. The van der Waals surface area contributed by atoms with Crippen molar-refractivity contribution in [3.63, 3.8) is 0 Å². The number of nitrogens with one attached hydrogen (secondary N) is 1. The lowest BCUT2D eigenvalue weighted by molar-refractivity contribution is -0.298. The molecule has 1 aliphatic heterocycles. The second-order valence-corrected chi connectivity index (χ2v) is 16.4. The molecule has 0 aliphatic carbocycles. The van der Waals surface area contributed by atoms with Crippen LogP contribution in [0.25, 0.3) is 0 Å². The van der Waals surface area contributed by atoms with E-state index < -0.39 is 66.7 Å². The van der Waals surface area contributed by atoms with Crippen molar-refractivity contribution in [2.75, 3.05) is 13.2 Å². The Kier molecular flexibility index (Phi) is 28.6. The molecule has 0 unspecified atom stereocenters. The maximum Gasteiger partial charge on any atom is 0.397 e. The highest BCUT2D eigenvalue weighted by molar-refractivity contribution is 7.80. The number of aliphatic hydroxyl groups is 4. The highest BCUT2D eigenvalue weighted by Crippen LogP contribution is 2.26. The van der Waals surface area contributed by atoms with Gasteiger partial charge in [-0.3, -0.25) is 9.35 Å². The fourth-order valence-electron chi connectivity index (χ4n) is 6.98. The van der Waals surface area contributed by atoms with Crippen LogP contribution in [0.5, 0.6) is 0 Å². The summed E-state index contributed by atoms with van der Waals surface area (Å²) < 4.78 is 69.3. The van der Waals surface area contributed by atoms with Crippen molar-refractivity contribution >= 4 is 16.3 Å². The third kappa shape index (κ3) is 27.2. The number of ether oxygens (including phenoxy) is 2. The van der Waals surface area contributed by atoms with E-state index in [4.69, 9.17) is 18.1 Å². The summed E-state index contributed by atoms with van der Waals surface area (Å²) >= 11 is 0. The first-order valence-corrected chi connectivity index (χ1v) is 23.1. The molecule has 13 heteroatoms. The minimum absolute atomic E-state index is 0.244. The van der Waals surface area contributed by atoms with Crippen molar-refractivity contribution in [3.8, 4) is 0 Å². The normalized spacial score (nSPS) is 22.7. The Labute approximate surface area is 338 Å². The van der Waals surface area contributed by atoms with Crippen LogP contribution in [-0.4, -0.2) is 95.4 Å². The van der Waals surface area contributed by atoms with Crippen molar-refractivity contribution in [2.24, 2.45) is 0 Å². The van der Waals surface area contributed by atoms with E-state index in [9.17, 15) is 33.6 Å². The van der Waals surface area contributed by atoms with Crippen LogP contribution in [-0.2, 0) is 28.9 Å². The zero-order chi connectivity index (χ0) is 43.1. The fourth-order valence-corrected chi connectivity index (χ4v) is 7.48. The summed E-state index contributed by atoms with van der Waals surface area (Å²) in [6.07, 6.45) is 23.4. The molecule has 0 spiro atoms. The lowest BCUT2D eigenvalue weighted by atomic mass is 9.99. The molecule has 0 aromatic rings. The second-order valence-electron chi connectivity index (χ2n) is 15.4. The third-order valence-electron chi connectivity index (χ3n) is 10.4. The summed E-state index contributed by atoms with van der Waals surface area (Å²) in [5.74, 6) is -0.287. The number of amides is 1. The Balaban J connectivity index is 2.50. The molecule has 55 heavy (non-hydrogen) atoms. The van der Waals surface area contributed by atoms with Crippen LogP contribution in [0.3, 0.4) is 0 Å². The number of unbranched alkanes of at least 4 members (excludes halogenated alkanes) is 24. The molecule has 6 N–H and O–H groups in total. The molecule has 7 atom stereocenters. The number of carbonyl (C=O) groups excluding carboxylic acids is 1. The zero-order valence-corrected chi connectivity index (χ0v) is 34.8. The molecule has 326 valence electrons. The molecular weight excluding hydrogens is 727 g/mol. The van der Waals surface area contributed by atoms with Crippen molar-refractivity contribution in [1.82, 2.24) is 5.32 Å². The van der Waals surface area contributed by atoms with Gasteiger partial charge in [0.2, 0.25) is 5.91 Å². The van der Waals surface area contributed by atoms with E-state index in [2.05, 4.69) is 16.4 Å². The van der Waals surface area contributed by atoms with Gasteiger partial charge in [-0.25, -0.2) is 4.18 Å². The monoisotopic (exact) mass is 811 g/mol. The molecule has 1 rings (SSSR count). The summed E-state index contributed by atoms with van der Waals surface area (Å²) in [6.45, 7) is -0.715. The lowest BCUT2D eigenvalue weighted by Crippen LogP contribution is -2.61. The van der Waals surface area contributed by atoms with Crippen molar-refractivity contribution < 1.29 is 56.0 Å². The fraction of sp³-hybridized carbons (Fsp3) is 0.929. The molecule has 1 saturated heterocycles. The minimum Gasteiger partial charge on any atom is -0.394 e. The Morgan fingerprint density at radius 1 is 0.764 bits per heavy atom. The Morgan fingerprint density at radius 3 is 1.71 bits per heavy atom. The van der Waals surface area contributed by atoms with Gasteiger partial charge in [0.05, 0.1) is 25.4 Å². The zero-order valence-electron chi connectivity index (χ0n) is 37.0. The van der Waals surface area contributed by atoms with Crippen LogP contribution in [0.4, 0.5) is 0 Å². The van der Waals surface area contributed by atoms with Crippen molar-refractivity contribution in [1.29, 1.82) is 0 Å². The minimum atomic E-state index is -5.09. The van der Waals surface area contributed by atoms with Gasteiger partial charge in [0, 0.05) is 10.5 Å². The first-order valence-electron chi connectivity index (χ1n) is 23.2. The molecule has 0 bridgehead atoms. The van der Waals surface area contributed by atoms with Gasteiger partial charge in [0.25, 0.3) is 0 Å². The van der Waals surface area contributed by atoms with E-state index in [-0.39, 0.29) is 18.9 Å². The molecule has 0 aromatic carbocycles. The van der Waals surface area contributed by atoms with Gasteiger partial charge in [0.15, 0.2) is 6.29 Å². The molecule has 0 saturated carbocycles. The summed E-state index contributed by atoms with van der Waals surface area (Å²) in [7, 11) is -5.09. The number of allylic oxidation sites excluding steroid dienone is 1. The first-order chi connectivity index (χ1) is 27.7. The summed E-state index contributed by atoms with van der Waals surface area (Å²) in [4.78, 5) is 13.0. The van der Waals surface area contributed by atoms with Gasteiger partial charge in [-0.05, 0) is 19.3 Å². The SMILES string of the molecule is [2H]C([2H])([2H])CCCCCCCCCCCCCCCCC(=O)N[C@@H](CO[C@@H]1O[C@H](CO)[C@H](O)[C@H](OS(=O)(=O)O)[C@H]1O)[C@H](O)/C=C/CCCCCCCCCCCCC. The van der Waals surface area contributed by atoms with E-state index in [1.165, 1.54) is 89.9 Å². The van der Waals surface area contributed by atoms with Gasteiger partial charge in [-0.1, -0.05) is 180 Å². The maximum atomic E-state index is 13.0. The smallest absolute Gasteiger partial charge is 0.394 e. The van der Waals surface area contributed by atoms with Gasteiger partial charge in [-0.2, -0.15) is 8.42 Å². The Morgan fingerprint density at radius 2 is 1.24 bits per heavy atom. The molecule has 0 aromatic heterocycles. The molecular formula is C42H81NO11S.